The van der Waals surface area contributed by atoms with Crippen molar-refractivity contribution >= 4 is 0 Å². The summed E-state index contributed by atoms with van der Waals surface area (Å²) in [6, 6.07) is 4.14. The molecule has 1 atom stereocenters. The van der Waals surface area contributed by atoms with Crippen LogP contribution in [0.4, 0.5) is 4.39 Å². The molecule has 0 aliphatic carbocycles. The zero-order valence-corrected chi connectivity index (χ0v) is 9.33. The second-order valence-corrected chi connectivity index (χ2v) is 3.76. The normalized spacial score (nSPS) is 12.9. The van der Waals surface area contributed by atoms with E-state index in [1.807, 2.05) is 19.0 Å². The first-order valence-corrected chi connectivity index (χ1v) is 4.78. The number of likely N-dealkylation sites (N-methyl/N-ethyl adjacent to an activating group) is 1. The van der Waals surface area contributed by atoms with E-state index >= 15 is 0 Å². The standard InChI is InChI=1S/C11H17FN2O/c1-14(2)7-10(13)9-6-8(12)4-5-11(9)15-3/h4-6,10H,7,13H2,1-3H3/t10-/m1/s1. The molecule has 1 aromatic rings. The van der Waals surface area contributed by atoms with Gasteiger partial charge in [0.05, 0.1) is 7.11 Å². The minimum Gasteiger partial charge on any atom is -0.496 e. The lowest BCUT2D eigenvalue weighted by Crippen LogP contribution is -2.26. The Kier molecular flexibility index (Phi) is 4.05. The molecule has 15 heavy (non-hydrogen) atoms. The Morgan fingerprint density at radius 3 is 2.67 bits per heavy atom. The Morgan fingerprint density at radius 1 is 1.47 bits per heavy atom. The number of halogens is 1. The molecule has 2 N–H and O–H groups in total. The lowest BCUT2D eigenvalue weighted by molar-refractivity contribution is 0.361. The highest BCUT2D eigenvalue weighted by Gasteiger charge is 2.13. The molecule has 0 aliphatic rings. The van der Waals surface area contributed by atoms with Crippen LogP contribution in [0.1, 0.15) is 11.6 Å². The van der Waals surface area contributed by atoms with Crippen LogP contribution in [0.2, 0.25) is 0 Å². The third kappa shape index (κ3) is 3.18. The first-order valence-electron chi connectivity index (χ1n) is 4.78. The molecule has 0 aromatic heterocycles. The van der Waals surface area contributed by atoms with Gasteiger partial charge in [-0.15, -0.1) is 0 Å². The zero-order chi connectivity index (χ0) is 11.4. The summed E-state index contributed by atoms with van der Waals surface area (Å²) in [5.41, 5.74) is 6.65. The van der Waals surface area contributed by atoms with Crippen LogP contribution in [0.25, 0.3) is 0 Å². The van der Waals surface area contributed by atoms with E-state index in [4.69, 9.17) is 10.5 Å². The monoisotopic (exact) mass is 212 g/mol. The highest BCUT2D eigenvalue weighted by Crippen LogP contribution is 2.24. The second kappa shape index (κ2) is 5.09. The molecule has 0 spiro atoms. The molecule has 0 aliphatic heterocycles. The van der Waals surface area contributed by atoms with Crippen LogP contribution >= 0.6 is 0 Å². The largest absolute Gasteiger partial charge is 0.496 e. The van der Waals surface area contributed by atoms with Crippen molar-refractivity contribution in [3.8, 4) is 5.75 Å². The number of ether oxygens (including phenoxy) is 1. The Labute approximate surface area is 89.6 Å². The molecular formula is C11H17FN2O. The Hall–Kier alpha value is -1.13. The van der Waals surface area contributed by atoms with Crippen molar-refractivity contribution in [2.45, 2.75) is 6.04 Å². The van der Waals surface area contributed by atoms with Crippen molar-refractivity contribution in [3.05, 3.63) is 29.6 Å². The van der Waals surface area contributed by atoms with Crippen LogP contribution in [-0.2, 0) is 0 Å². The number of nitrogens with two attached hydrogens (primary N) is 1. The number of benzene rings is 1. The average Bonchev–Trinajstić information content (AvgIpc) is 2.16. The SMILES string of the molecule is COc1ccc(F)cc1[C@H](N)CN(C)C. The summed E-state index contributed by atoms with van der Waals surface area (Å²) >= 11 is 0. The topological polar surface area (TPSA) is 38.5 Å². The molecule has 0 radical (unpaired) electrons. The number of rotatable bonds is 4. The van der Waals surface area contributed by atoms with Gasteiger partial charge in [-0.25, -0.2) is 4.39 Å². The van der Waals surface area contributed by atoms with Gasteiger partial charge in [0.1, 0.15) is 11.6 Å². The van der Waals surface area contributed by atoms with Crippen molar-refractivity contribution in [1.29, 1.82) is 0 Å². The predicted molar refractivity (Wildman–Crippen MR) is 58.4 cm³/mol. The summed E-state index contributed by atoms with van der Waals surface area (Å²) in [4.78, 5) is 1.95. The maximum Gasteiger partial charge on any atom is 0.123 e. The van der Waals surface area contributed by atoms with Crippen LogP contribution in [0.5, 0.6) is 5.75 Å². The molecule has 0 saturated carbocycles. The van der Waals surface area contributed by atoms with E-state index in [-0.39, 0.29) is 11.9 Å². The van der Waals surface area contributed by atoms with E-state index in [1.165, 1.54) is 12.1 Å². The number of hydrogen-bond acceptors (Lipinski definition) is 3. The fourth-order valence-corrected chi connectivity index (χ4v) is 1.49. The van der Waals surface area contributed by atoms with Gasteiger partial charge in [-0.2, -0.15) is 0 Å². The van der Waals surface area contributed by atoms with E-state index in [1.54, 1.807) is 13.2 Å². The van der Waals surface area contributed by atoms with E-state index < -0.39 is 0 Å². The molecular weight excluding hydrogens is 195 g/mol. The molecule has 1 aromatic carbocycles. The van der Waals surface area contributed by atoms with Gasteiger partial charge in [0.25, 0.3) is 0 Å². The van der Waals surface area contributed by atoms with Crippen molar-refractivity contribution in [2.24, 2.45) is 5.73 Å². The van der Waals surface area contributed by atoms with Gasteiger partial charge in [-0.05, 0) is 32.3 Å². The zero-order valence-electron chi connectivity index (χ0n) is 9.33. The Morgan fingerprint density at radius 2 is 2.13 bits per heavy atom. The molecule has 84 valence electrons. The third-order valence-electron chi connectivity index (χ3n) is 2.15. The van der Waals surface area contributed by atoms with Crippen LogP contribution in [-0.4, -0.2) is 32.6 Å². The van der Waals surface area contributed by atoms with Gasteiger partial charge in [-0.3, -0.25) is 0 Å². The lowest BCUT2D eigenvalue weighted by atomic mass is 10.1. The number of hydrogen-bond donors (Lipinski definition) is 1. The predicted octanol–water partition coefficient (Wildman–Crippen LogP) is 1.40. The molecule has 1 rings (SSSR count). The minimum atomic E-state index is -0.292. The molecule has 0 heterocycles. The maximum atomic E-state index is 13.1. The summed E-state index contributed by atoms with van der Waals surface area (Å²) in [7, 11) is 5.40. The van der Waals surface area contributed by atoms with Crippen LogP contribution in [0, 0.1) is 5.82 Å². The Bertz CT molecular complexity index is 328. The van der Waals surface area contributed by atoms with Gasteiger partial charge in [-0.1, -0.05) is 0 Å². The second-order valence-electron chi connectivity index (χ2n) is 3.76. The quantitative estimate of drug-likeness (QED) is 0.819. The van der Waals surface area contributed by atoms with Crippen molar-refractivity contribution in [3.63, 3.8) is 0 Å². The highest BCUT2D eigenvalue weighted by molar-refractivity contribution is 5.36. The molecule has 0 amide bonds. The Balaban J connectivity index is 2.94. The van der Waals surface area contributed by atoms with Crippen LogP contribution in [0.15, 0.2) is 18.2 Å². The fraction of sp³-hybridized carbons (Fsp3) is 0.455. The summed E-state index contributed by atoms with van der Waals surface area (Å²) in [5.74, 6) is 0.339. The molecule has 3 nitrogen and oxygen atoms in total. The van der Waals surface area contributed by atoms with E-state index in [2.05, 4.69) is 0 Å². The average molecular weight is 212 g/mol. The summed E-state index contributed by atoms with van der Waals surface area (Å²) in [6.45, 7) is 0.653. The van der Waals surface area contributed by atoms with Crippen molar-refractivity contribution in [2.75, 3.05) is 27.7 Å². The van der Waals surface area contributed by atoms with E-state index in [0.29, 0.717) is 17.9 Å². The highest BCUT2D eigenvalue weighted by atomic mass is 19.1. The molecule has 0 saturated heterocycles. The third-order valence-corrected chi connectivity index (χ3v) is 2.15. The van der Waals surface area contributed by atoms with Gasteiger partial charge in [0.2, 0.25) is 0 Å². The smallest absolute Gasteiger partial charge is 0.123 e. The summed E-state index contributed by atoms with van der Waals surface area (Å²) in [5, 5.41) is 0. The van der Waals surface area contributed by atoms with Crippen molar-refractivity contribution < 1.29 is 9.13 Å². The van der Waals surface area contributed by atoms with Gasteiger partial charge in [0.15, 0.2) is 0 Å². The van der Waals surface area contributed by atoms with Crippen molar-refractivity contribution in [1.82, 2.24) is 4.90 Å². The molecule has 0 bridgehead atoms. The van der Waals surface area contributed by atoms with E-state index in [0.717, 1.165) is 0 Å². The van der Waals surface area contributed by atoms with Gasteiger partial charge < -0.3 is 15.4 Å². The molecule has 0 unspecified atom stereocenters. The van der Waals surface area contributed by atoms with Gasteiger partial charge in [0, 0.05) is 18.2 Å². The summed E-state index contributed by atoms with van der Waals surface area (Å²) < 4.78 is 18.2. The number of nitrogens with zero attached hydrogens (tertiary/aromatic N) is 1. The fourth-order valence-electron chi connectivity index (χ4n) is 1.49. The number of methoxy groups -OCH3 is 1. The molecule has 4 heteroatoms. The summed E-state index contributed by atoms with van der Waals surface area (Å²) in [6.07, 6.45) is 0. The lowest BCUT2D eigenvalue weighted by Gasteiger charge is -2.19. The first kappa shape index (κ1) is 11.9. The van der Waals surface area contributed by atoms with Crippen LogP contribution < -0.4 is 10.5 Å². The molecule has 0 fully saturated rings. The maximum absolute atomic E-state index is 13.1. The van der Waals surface area contributed by atoms with Gasteiger partial charge >= 0.3 is 0 Å². The van der Waals surface area contributed by atoms with E-state index in [9.17, 15) is 4.39 Å². The minimum absolute atomic E-state index is 0.245. The van der Waals surface area contributed by atoms with Crippen LogP contribution in [0.3, 0.4) is 0 Å². The first-order chi connectivity index (χ1) is 7.04.